The van der Waals surface area contributed by atoms with Crippen molar-refractivity contribution < 1.29 is 4.79 Å². The zero-order valence-electron chi connectivity index (χ0n) is 12.1. The first-order valence-electron chi connectivity index (χ1n) is 6.56. The van der Waals surface area contributed by atoms with Crippen LogP contribution in [0.4, 0.5) is 11.4 Å². The summed E-state index contributed by atoms with van der Waals surface area (Å²) in [5, 5.41) is 3.35. The number of hydrogen-bond acceptors (Lipinski definition) is 3. The minimum atomic E-state index is -0.226. The Morgan fingerprint density at radius 3 is 2.62 bits per heavy atom. The highest BCUT2D eigenvalue weighted by Crippen LogP contribution is 2.20. The molecule has 0 saturated heterocycles. The summed E-state index contributed by atoms with van der Waals surface area (Å²) in [4.78, 5) is 14.4. The number of nitrogen functional groups attached to an aromatic ring is 1. The normalized spacial score (nSPS) is 10.7. The predicted octanol–water partition coefficient (Wildman–Crippen LogP) is 3.24. The zero-order valence-corrected chi connectivity index (χ0v) is 12.8. The van der Waals surface area contributed by atoms with Crippen LogP contribution in [0, 0.1) is 0 Å². The number of nitrogens with one attached hydrogen (secondary N) is 1. The van der Waals surface area contributed by atoms with Crippen molar-refractivity contribution in [3.63, 3.8) is 0 Å². The van der Waals surface area contributed by atoms with Crippen molar-refractivity contribution in [2.45, 2.75) is 6.54 Å². The number of halogens is 1. The Kier molecular flexibility index (Phi) is 4.83. The molecule has 3 N–H and O–H groups in total. The Balaban J connectivity index is 2.23. The lowest BCUT2D eigenvalue weighted by Gasteiger charge is -2.15. The molecule has 0 fully saturated rings. The minimum Gasteiger partial charge on any atom is -0.399 e. The fraction of sp³-hybridized carbons (Fsp3) is 0.188. The van der Waals surface area contributed by atoms with Crippen LogP contribution >= 0.6 is 11.6 Å². The molecule has 0 heterocycles. The molecule has 0 radical (unpaired) electrons. The van der Waals surface area contributed by atoms with Crippen LogP contribution in [0.15, 0.2) is 42.5 Å². The van der Waals surface area contributed by atoms with E-state index >= 15 is 0 Å². The minimum absolute atomic E-state index is 0.226. The van der Waals surface area contributed by atoms with Crippen molar-refractivity contribution in [2.24, 2.45) is 0 Å². The van der Waals surface area contributed by atoms with Gasteiger partial charge in [0.15, 0.2) is 0 Å². The maximum absolute atomic E-state index is 12.3. The molecule has 0 atom stereocenters. The summed E-state index contributed by atoms with van der Waals surface area (Å²) in [6.45, 7) is 0.744. The largest absolute Gasteiger partial charge is 0.399 e. The fourth-order valence-electron chi connectivity index (χ4n) is 2.06. The van der Waals surface area contributed by atoms with E-state index < -0.39 is 0 Å². The van der Waals surface area contributed by atoms with Crippen LogP contribution in [0.5, 0.6) is 0 Å². The lowest BCUT2D eigenvalue weighted by atomic mass is 10.1. The standard InChI is InChI=1S/C16H18ClN3O/c1-20(2)10-11-5-3-4-6-15(11)19-16(21)12-7-13(17)9-14(18)8-12/h3-9H,10,18H2,1-2H3,(H,19,21). The first-order chi connectivity index (χ1) is 9.95. The molecule has 0 unspecified atom stereocenters. The summed E-state index contributed by atoms with van der Waals surface area (Å²) in [5.74, 6) is -0.226. The van der Waals surface area contributed by atoms with Gasteiger partial charge in [0.1, 0.15) is 0 Å². The van der Waals surface area contributed by atoms with E-state index in [0.717, 1.165) is 17.8 Å². The summed E-state index contributed by atoms with van der Waals surface area (Å²) in [6, 6.07) is 12.5. The van der Waals surface area contributed by atoms with Gasteiger partial charge in [0, 0.05) is 28.5 Å². The van der Waals surface area contributed by atoms with Crippen molar-refractivity contribution in [3.05, 3.63) is 58.6 Å². The monoisotopic (exact) mass is 303 g/mol. The van der Waals surface area contributed by atoms with Gasteiger partial charge in [0.2, 0.25) is 0 Å². The van der Waals surface area contributed by atoms with Crippen LogP contribution in [0.25, 0.3) is 0 Å². The van der Waals surface area contributed by atoms with Crippen molar-refractivity contribution in [2.75, 3.05) is 25.1 Å². The molecular formula is C16H18ClN3O. The summed E-state index contributed by atoms with van der Waals surface area (Å²) in [5.41, 5.74) is 8.46. The zero-order chi connectivity index (χ0) is 15.4. The lowest BCUT2D eigenvalue weighted by molar-refractivity contribution is 0.102. The van der Waals surface area contributed by atoms with Crippen molar-refractivity contribution in [3.8, 4) is 0 Å². The number of anilines is 2. The van der Waals surface area contributed by atoms with E-state index in [2.05, 4.69) is 5.32 Å². The molecule has 0 aliphatic carbocycles. The van der Waals surface area contributed by atoms with Crippen LogP contribution in [-0.4, -0.2) is 24.9 Å². The first kappa shape index (κ1) is 15.4. The number of nitrogens with zero attached hydrogens (tertiary/aromatic N) is 1. The second kappa shape index (κ2) is 6.61. The number of hydrogen-bond donors (Lipinski definition) is 2. The average molecular weight is 304 g/mol. The van der Waals surface area contributed by atoms with Crippen molar-refractivity contribution in [1.29, 1.82) is 0 Å². The predicted molar refractivity (Wildman–Crippen MR) is 87.7 cm³/mol. The third kappa shape index (κ3) is 4.21. The second-order valence-electron chi connectivity index (χ2n) is 5.12. The SMILES string of the molecule is CN(C)Cc1ccccc1NC(=O)c1cc(N)cc(Cl)c1. The molecule has 2 aromatic carbocycles. The molecule has 5 heteroatoms. The summed E-state index contributed by atoms with van der Waals surface area (Å²) in [7, 11) is 3.96. The Hall–Kier alpha value is -2.04. The Morgan fingerprint density at radius 1 is 1.24 bits per heavy atom. The number of benzene rings is 2. The third-order valence-electron chi connectivity index (χ3n) is 2.93. The molecule has 0 aromatic heterocycles. The van der Waals surface area contributed by atoms with Gasteiger partial charge in [-0.3, -0.25) is 4.79 Å². The van der Waals surface area contributed by atoms with Crippen molar-refractivity contribution >= 4 is 28.9 Å². The molecule has 0 aliphatic heterocycles. The van der Waals surface area contributed by atoms with Gasteiger partial charge in [-0.25, -0.2) is 0 Å². The highest BCUT2D eigenvalue weighted by atomic mass is 35.5. The summed E-state index contributed by atoms with van der Waals surface area (Å²) >= 11 is 5.93. The quantitative estimate of drug-likeness (QED) is 0.853. The first-order valence-corrected chi connectivity index (χ1v) is 6.93. The number of carbonyl (C=O) groups excluding carboxylic acids is 1. The second-order valence-corrected chi connectivity index (χ2v) is 5.56. The molecule has 0 spiro atoms. The van der Waals surface area contributed by atoms with Gasteiger partial charge < -0.3 is 16.0 Å². The third-order valence-corrected chi connectivity index (χ3v) is 3.15. The van der Waals surface area contributed by atoms with E-state index in [9.17, 15) is 4.79 Å². The highest BCUT2D eigenvalue weighted by Gasteiger charge is 2.10. The van der Waals surface area contributed by atoms with Gasteiger partial charge in [-0.15, -0.1) is 0 Å². The van der Waals surface area contributed by atoms with Crippen LogP contribution < -0.4 is 11.1 Å². The molecule has 110 valence electrons. The number of para-hydroxylation sites is 1. The van der Waals surface area contributed by atoms with Crippen LogP contribution in [0.2, 0.25) is 5.02 Å². The van der Waals surface area contributed by atoms with Crippen LogP contribution in [0.1, 0.15) is 15.9 Å². The molecule has 2 aromatic rings. The van der Waals surface area contributed by atoms with E-state index in [0.29, 0.717) is 16.3 Å². The van der Waals surface area contributed by atoms with Gasteiger partial charge in [-0.1, -0.05) is 29.8 Å². The smallest absolute Gasteiger partial charge is 0.255 e. The number of rotatable bonds is 4. The fourth-order valence-corrected chi connectivity index (χ4v) is 2.30. The van der Waals surface area contributed by atoms with E-state index in [4.69, 9.17) is 17.3 Å². The van der Waals surface area contributed by atoms with Crippen molar-refractivity contribution in [1.82, 2.24) is 4.90 Å². The van der Waals surface area contributed by atoms with Crippen LogP contribution in [0.3, 0.4) is 0 Å². The molecule has 2 rings (SSSR count). The molecule has 21 heavy (non-hydrogen) atoms. The van der Waals surface area contributed by atoms with E-state index in [1.165, 1.54) is 0 Å². The molecule has 1 amide bonds. The topological polar surface area (TPSA) is 58.4 Å². The van der Waals surface area contributed by atoms with E-state index in [-0.39, 0.29) is 5.91 Å². The molecule has 4 nitrogen and oxygen atoms in total. The average Bonchev–Trinajstić information content (AvgIpc) is 2.39. The number of nitrogens with two attached hydrogens (primary N) is 1. The molecule has 0 bridgehead atoms. The maximum Gasteiger partial charge on any atom is 0.255 e. The number of amides is 1. The lowest BCUT2D eigenvalue weighted by Crippen LogP contribution is -2.16. The Labute approximate surface area is 129 Å². The molecule has 0 aliphatic rings. The van der Waals surface area contributed by atoms with Gasteiger partial charge in [0.05, 0.1) is 0 Å². The summed E-state index contributed by atoms with van der Waals surface area (Å²) in [6.07, 6.45) is 0. The van der Waals surface area contributed by atoms with Gasteiger partial charge in [0.25, 0.3) is 5.91 Å². The van der Waals surface area contributed by atoms with Crippen LogP contribution in [-0.2, 0) is 6.54 Å². The molecular weight excluding hydrogens is 286 g/mol. The Morgan fingerprint density at radius 2 is 1.95 bits per heavy atom. The summed E-state index contributed by atoms with van der Waals surface area (Å²) < 4.78 is 0. The molecule has 0 saturated carbocycles. The Bertz CT molecular complexity index is 635. The van der Waals surface area contributed by atoms with E-state index in [1.807, 2.05) is 43.3 Å². The van der Waals surface area contributed by atoms with Gasteiger partial charge >= 0.3 is 0 Å². The van der Waals surface area contributed by atoms with Gasteiger partial charge in [-0.2, -0.15) is 0 Å². The van der Waals surface area contributed by atoms with E-state index in [1.54, 1.807) is 18.2 Å². The highest BCUT2D eigenvalue weighted by molar-refractivity contribution is 6.31. The maximum atomic E-state index is 12.3. The number of carbonyl (C=O) groups is 1. The van der Waals surface area contributed by atoms with Gasteiger partial charge in [-0.05, 0) is 43.9 Å².